The topological polar surface area (TPSA) is 26.0 Å². The highest BCUT2D eigenvalue weighted by Gasteiger charge is 2.01. The summed E-state index contributed by atoms with van der Waals surface area (Å²) in [6.07, 6.45) is 2.67. The molecule has 2 aromatic carbocycles. The first-order valence-corrected chi connectivity index (χ1v) is 5.70. The van der Waals surface area contributed by atoms with E-state index in [1.807, 2.05) is 0 Å². The van der Waals surface area contributed by atoms with E-state index in [1.54, 1.807) is 6.20 Å². The molecular formula is C15H13NO. The molecule has 0 aliphatic carbocycles. The van der Waals surface area contributed by atoms with E-state index in [-0.39, 0.29) is 0 Å². The first kappa shape index (κ1) is 10.1. The lowest BCUT2D eigenvalue weighted by molar-refractivity contribution is 0.456. The van der Waals surface area contributed by atoms with Gasteiger partial charge in [0.05, 0.1) is 6.20 Å². The fourth-order valence-electron chi connectivity index (χ4n) is 1.96. The summed E-state index contributed by atoms with van der Waals surface area (Å²) in [4.78, 5) is 0. The number of hydrogen-bond acceptors (Lipinski definition) is 2. The molecule has 0 fully saturated rings. The van der Waals surface area contributed by atoms with Crippen molar-refractivity contribution < 1.29 is 4.52 Å². The van der Waals surface area contributed by atoms with Crippen LogP contribution in [-0.4, -0.2) is 5.16 Å². The molecule has 0 aliphatic heterocycles. The SMILES string of the molecule is Cc1ccc(Cc2ccc3cnoc3c2)cc1. The number of aryl methyl sites for hydroxylation is 1. The maximum Gasteiger partial charge on any atom is 0.167 e. The van der Waals surface area contributed by atoms with Gasteiger partial charge in [0.1, 0.15) is 0 Å². The third-order valence-electron chi connectivity index (χ3n) is 2.95. The summed E-state index contributed by atoms with van der Waals surface area (Å²) in [7, 11) is 0. The van der Waals surface area contributed by atoms with Crippen LogP contribution in [0.3, 0.4) is 0 Å². The van der Waals surface area contributed by atoms with Crippen LogP contribution in [0.25, 0.3) is 11.0 Å². The van der Waals surface area contributed by atoms with Gasteiger partial charge in [-0.3, -0.25) is 0 Å². The van der Waals surface area contributed by atoms with Gasteiger partial charge in [-0.25, -0.2) is 0 Å². The van der Waals surface area contributed by atoms with Crippen LogP contribution in [-0.2, 0) is 6.42 Å². The van der Waals surface area contributed by atoms with Gasteiger partial charge >= 0.3 is 0 Å². The van der Waals surface area contributed by atoms with Gasteiger partial charge < -0.3 is 4.52 Å². The molecule has 0 aliphatic rings. The Hall–Kier alpha value is -2.09. The van der Waals surface area contributed by atoms with Gasteiger partial charge in [0.15, 0.2) is 5.58 Å². The summed E-state index contributed by atoms with van der Waals surface area (Å²) < 4.78 is 5.17. The van der Waals surface area contributed by atoms with E-state index in [0.717, 1.165) is 17.4 Å². The van der Waals surface area contributed by atoms with E-state index in [1.165, 1.54) is 16.7 Å². The summed E-state index contributed by atoms with van der Waals surface area (Å²) in [6.45, 7) is 2.10. The van der Waals surface area contributed by atoms with Crippen LogP contribution in [0.15, 0.2) is 53.2 Å². The Morgan fingerprint density at radius 1 is 1.00 bits per heavy atom. The van der Waals surface area contributed by atoms with Crippen LogP contribution >= 0.6 is 0 Å². The highest BCUT2D eigenvalue weighted by atomic mass is 16.5. The van der Waals surface area contributed by atoms with E-state index < -0.39 is 0 Å². The molecule has 2 heteroatoms. The zero-order chi connectivity index (χ0) is 11.7. The monoisotopic (exact) mass is 223 g/mol. The van der Waals surface area contributed by atoms with Crippen molar-refractivity contribution in [2.24, 2.45) is 0 Å². The number of benzene rings is 2. The predicted octanol–water partition coefficient (Wildman–Crippen LogP) is 3.73. The Balaban J connectivity index is 1.91. The predicted molar refractivity (Wildman–Crippen MR) is 68.0 cm³/mol. The maximum atomic E-state index is 5.17. The van der Waals surface area contributed by atoms with Crippen LogP contribution in [0.4, 0.5) is 0 Å². The second-order valence-electron chi connectivity index (χ2n) is 4.36. The molecule has 0 radical (unpaired) electrons. The maximum absolute atomic E-state index is 5.17. The van der Waals surface area contributed by atoms with Crippen molar-refractivity contribution in [1.82, 2.24) is 5.16 Å². The van der Waals surface area contributed by atoms with Gasteiger partial charge in [0.25, 0.3) is 0 Å². The highest BCUT2D eigenvalue weighted by Crippen LogP contribution is 2.17. The highest BCUT2D eigenvalue weighted by molar-refractivity contribution is 5.76. The first-order chi connectivity index (χ1) is 8.31. The number of aromatic nitrogens is 1. The third kappa shape index (κ3) is 2.07. The van der Waals surface area contributed by atoms with Crippen molar-refractivity contribution in [3.05, 3.63) is 65.4 Å². The second-order valence-corrected chi connectivity index (χ2v) is 4.36. The van der Waals surface area contributed by atoms with Crippen molar-refractivity contribution >= 4 is 11.0 Å². The van der Waals surface area contributed by atoms with Gasteiger partial charge in [-0.1, -0.05) is 41.1 Å². The molecule has 0 atom stereocenters. The van der Waals surface area contributed by atoms with Crippen molar-refractivity contribution in [3.8, 4) is 0 Å². The Bertz CT molecular complexity index is 637. The van der Waals surface area contributed by atoms with Crippen LogP contribution in [0.5, 0.6) is 0 Å². The smallest absolute Gasteiger partial charge is 0.167 e. The quantitative estimate of drug-likeness (QED) is 0.661. The molecule has 0 saturated heterocycles. The zero-order valence-electron chi connectivity index (χ0n) is 9.68. The average molecular weight is 223 g/mol. The molecule has 2 nitrogen and oxygen atoms in total. The van der Waals surface area contributed by atoms with Gasteiger partial charge in [-0.05, 0) is 36.6 Å². The molecular weight excluding hydrogens is 210 g/mol. The van der Waals surface area contributed by atoms with Crippen LogP contribution in [0.1, 0.15) is 16.7 Å². The summed E-state index contributed by atoms with van der Waals surface area (Å²) >= 11 is 0. The van der Waals surface area contributed by atoms with Crippen molar-refractivity contribution in [2.75, 3.05) is 0 Å². The summed E-state index contributed by atoms with van der Waals surface area (Å²) in [5.41, 5.74) is 4.71. The molecule has 84 valence electrons. The minimum absolute atomic E-state index is 0.856. The molecule has 0 bridgehead atoms. The molecule has 0 saturated carbocycles. The van der Waals surface area contributed by atoms with Gasteiger partial charge in [0, 0.05) is 5.39 Å². The standard InChI is InChI=1S/C15H13NO/c1-11-2-4-12(5-3-11)8-13-6-7-14-10-16-17-15(14)9-13/h2-7,9-10H,8H2,1H3. The molecule has 17 heavy (non-hydrogen) atoms. The zero-order valence-corrected chi connectivity index (χ0v) is 9.68. The largest absolute Gasteiger partial charge is 0.356 e. The van der Waals surface area contributed by atoms with Gasteiger partial charge in [-0.15, -0.1) is 0 Å². The van der Waals surface area contributed by atoms with Crippen LogP contribution < -0.4 is 0 Å². The Labute approximate surface area is 99.9 Å². The van der Waals surface area contributed by atoms with E-state index >= 15 is 0 Å². The van der Waals surface area contributed by atoms with E-state index in [4.69, 9.17) is 4.52 Å². The lowest BCUT2D eigenvalue weighted by Crippen LogP contribution is -1.87. The van der Waals surface area contributed by atoms with E-state index in [0.29, 0.717) is 0 Å². The molecule has 1 heterocycles. The van der Waals surface area contributed by atoms with Crippen LogP contribution in [0, 0.1) is 6.92 Å². The molecule has 1 aromatic heterocycles. The molecule has 0 amide bonds. The van der Waals surface area contributed by atoms with Crippen LogP contribution in [0.2, 0.25) is 0 Å². The Kier molecular flexibility index (Phi) is 2.41. The summed E-state index contributed by atoms with van der Waals surface area (Å²) in [6, 6.07) is 14.8. The molecule has 0 unspecified atom stereocenters. The van der Waals surface area contributed by atoms with Crippen molar-refractivity contribution in [1.29, 1.82) is 0 Å². The fraction of sp³-hybridized carbons (Fsp3) is 0.133. The van der Waals surface area contributed by atoms with Gasteiger partial charge in [-0.2, -0.15) is 0 Å². The van der Waals surface area contributed by atoms with E-state index in [9.17, 15) is 0 Å². The van der Waals surface area contributed by atoms with Crippen molar-refractivity contribution in [2.45, 2.75) is 13.3 Å². The van der Waals surface area contributed by atoms with E-state index in [2.05, 4.69) is 54.5 Å². The minimum atomic E-state index is 0.856. The Morgan fingerprint density at radius 3 is 2.59 bits per heavy atom. The second kappa shape index (κ2) is 4.06. The average Bonchev–Trinajstić information content (AvgIpc) is 2.79. The van der Waals surface area contributed by atoms with Crippen molar-refractivity contribution in [3.63, 3.8) is 0 Å². The summed E-state index contributed by atoms with van der Waals surface area (Å²) in [5.74, 6) is 0. The Morgan fingerprint density at radius 2 is 1.76 bits per heavy atom. The molecule has 3 aromatic rings. The normalized spacial score (nSPS) is 10.9. The number of fused-ring (bicyclic) bond motifs is 1. The van der Waals surface area contributed by atoms with Gasteiger partial charge in [0.2, 0.25) is 0 Å². The third-order valence-corrected chi connectivity index (χ3v) is 2.95. The lowest BCUT2D eigenvalue weighted by Gasteiger charge is -2.02. The summed E-state index contributed by atoms with van der Waals surface area (Å²) in [5, 5.41) is 4.84. The molecule has 3 rings (SSSR count). The minimum Gasteiger partial charge on any atom is -0.356 e. The number of rotatable bonds is 2. The molecule has 0 N–H and O–H groups in total. The lowest BCUT2D eigenvalue weighted by atomic mass is 10.0. The first-order valence-electron chi connectivity index (χ1n) is 5.70. The molecule has 0 spiro atoms. The number of hydrogen-bond donors (Lipinski definition) is 0. The fourth-order valence-corrected chi connectivity index (χ4v) is 1.96. The number of nitrogens with zero attached hydrogens (tertiary/aromatic N) is 1.